The van der Waals surface area contributed by atoms with Gasteiger partial charge in [0, 0.05) is 43.4 Å². The van der Waals surface area contributed by atoms with Gasteiger partial charge in [-0.3, -0.25) is 9.59 Å². The van der Waals surface area contributed by atoms with Gasteiger partial charge in [0.25, 0.3) is 0 Å². The number of rotatable bonds is 4. The molecule has 138 valence electrons. The van der Waals surface area contributed by atoms with Crippen LogP contribution in [0.3, 0.4) is 0 Å². The Morgan fingerprint density at radius 2 is 2.15 bits per heavy atom. The molecule has 4 rings (SSSR count). The topological polar surface area (TPSA) is 84.7 Å². The molecule has 1 aliphatic heterocycles. The summed E-state index contributed by atoms with van der Waals surface area (Å²) in [6, 6.07) is 12.6. The lowest BCUT2D eigenvalue weighted by atomic mass is 10.1. The highest BCUT2D eigenvalue weighted by atomic mass is 16.5. The Labute approximate surface area is 155 Å². The van der Waals surface area contributed by atoms with Crippen molar-refractivity contribution < 1.29 is 18.7 Å². The summed E-state index contributed by atoms with van der Waals surface area (Å²) >= 11 is 0. The highest BCUT2D eigenvalue weighted by Gasteiger charge is 2.35. The number of hydrogen-bond acceptors (Lipinski definition) is 5. The quantitative estimate of drug-likeness (QED) is 0.768. The number of carbonyl (C=O) groups is 2. The van der Waals surface area contributed by atoms with E-state index < -0.39 is 5.92 Å². The lowest BCUT2D eigenvalue weighted by Gasteiger charge is -2.17. The number of carbonyl (C=O) groups excluding carboxylic acids is 2. The lowest BCUT2D eigenvalue weighted by molar-refractivity contribution is -0.122. The van der Waals surface area contributed by atoms with Crippen LogP contribution in [0.25, 0.3) is 11.1 Å². The SMILES string of the molecule is COc1cccc(N2CC(C(=O)Nc3ccc4nc(C)oc4c3)CC2=O)c1. The number of aromatic nitrogens is 1. The number of amides is 2. The number of hydrogen-bond donors (Lipinski definition) is 1. The van der Waals surface area contributed by atoms with Crippen LogP contribution >= 0.6 is 0 Å². The van der Waals surface area contributed by atoms with Crippen LogP contribution < -0.4 is 15.0 Å². The molecule has 1 unspecified atom stereocenters. The summed E-state index contributed by atoms with van der Waals surface area (Å²) in [7, 11) is 1.58. The summed E-state index contributed by atoms with van der Waals surface area (Å²) in [6.07, 6.45) is 0.173. The molecular weight excluding hydrogens is 346 g/mol. The number of oxazole rings is 1. The summed E-state index contributed by atoms with van der Waals surface area (Å²) < 4.78 is 10.7. The van der Waals surface area contributed by atoms with E-state index in [4.69, 9.17) is 9.15 Å². The maximum absolute atomic E-state index is 12.6. The van der Waals surface area contributed by atoms with Crippen molar-refractivity contribution in [3.63, 3.8) is 0 Å². The average Bonchev–Trinajstić information content (AvgIpc) is 3.23. The van der Waals surface area contributed by atoms with E-state index in [1.807, 2.05) is 18.2 Å². The molecule has 1 atom stereocenters. The lowest BCUT2D eigenvalue weighted by Crippen LogP contribution is -2.28. The van der Waals surface area contributed by atoms with Gasteiger partial charge in [-0.25, -0.2) is 4.98 Å². The van der Waals surface area contributed by atoms with Crippen molar-refractivity contribution in [1.82, 2.24) is 4.98 Å². The second-order valence-corrected chi connectivity index (χ2v) is 6.51. The summed E-state index contributed by atoms with van der Waals surface area (Å²) in [5.41, 5.74) is 2.71. The van der Waals surface area contributed by atoms with E-state index in [0.29, 0.717) is 29.5 Å². The molecule has 1 aliphatic rings. The van der Waals surface area contributed by atoms with Crippen LogP contribution in [0.15, 0.2) is 46.9 Å². The molecule has 2 heterocycles. The zero-order valence-electron chi connectivity index (χ0n) is 15.1. The fourth-order valence-electron chi connectivity index (χ4n) is 3.27. The van der Waals surface area contributed by atoms with E-state index in [9.17, 15) is 9.59 Å². The molecule has 0 bridgehead atoms. The van der Waals surface area contributed by atoms with E-state index in [0.717, 1.165) is 11.2 Å². The molecule has 0 aliphatic carbocycles. The molecule has 27 heavy (non-hydrogen) atoms. The van der Waals surface area contributed by atoms with E-state index in [-0.39, 0.29) is 18.2 Å². The average molecular weight is 365 g/mol. The summed E-state index contributed by atoms with van der Waals surface area (Å²) in [6.45, 7) is 2.11. The van der Waals surface area contributed by atoms with Crippen LogP contribution in [-0.2, 0) is 9.59 Å². The fraction of sp³-hybridized carbons (Fsp3) is 0.250. The first kappa shape index (κ1) is 17.1. The van der Waals surface area contributed by atoms with Crippen molar-refractivity contribution in [3.8, 4) is 5.75 Å². The number of nitrogens with zero attached hydrogens (tertiary/aromatic N) is 2. The van der Waals surface area contributed by atoms with Crippen LogP contribution in [0.5, 0.6) is 5.75 Å². The monoisotopic (exact) mass is 365 g/mol. The molecule has 3 aromatic rings. The highest BCUT2D eigenvalue weighted by Crippen LogP contribution is 2.29. The second kappa shape index (κ2) is 6.75. The van der Waals surface area contributed by atoms with Crippen LogP contribution in [0.1, 0.15) is 12.3 Å². The Morgan fingerprint density at radius 1 is 1.30 bits per heavy atom. The van der Waals surface area contributed by atoms with Gasteiger partial charge in [0.1, 0.15) is 11.3 Å². The largest absolute Gasteiger partial charge is 0.497 e. The van der Waals surface area contributed by atoms with E-state index in [1.165, 1.54) is 0 Å². The smallest absolute Gasteiger partial charge is 0.229 e. The van der Waals surface area contributed by atoms with Crippen molar-refractivity contribution >= 4 is 34.3 Å². The Bertz CT molecular complexity index is 1030. The predicted octanol–water partition coefficient (Wildman–Crippen LogP) is 3.14. The summed E-state index contributed by atoms with van der Waals surface area (Å²) in [5, 5.41) is 2.87. The third-order valence-electron chi connectivity index (χ3n) is 4.62. The molecule has 2 amide bonds. The zero-order valence-corrected chi connectivity index (χ0v) is 15.1. The Kier molecular flexibility index (Phi) is 4.27. The number of nitrogens with one attached hydrogen (secondary N) is 1. The Balaban J connectivity index is 1.48. The van der Waals surface area contributed by atoms with Crippen LogP contribution in [0, 0.1) is 12.8 Å². The van der Waals surface area contributed by atoms with Crippen LogP contribution in [-0.4, -0.2) is 30.5 Å². The molecule has 1 saturated heterocycles. The van der Waals surface area contributed by atoms with Gasteiger partial charge in [-0.05, 0) is 24.3 Å². The minimum Gasteiger partial charge on any atom is -0.497 e. The third-order valence-corrected chi connectivity index (χ3v) is 4.62. The first-order valence-corrected chi connectivity index (χ1v) is 8.66. The van der Waals surface area contributed by atoms with Gasteiger partial charge in [-0.1, -0.05) is 6.07 Å². The number of aryl methyl sites for hydroxylation is 1. The number of methoxy groups -OCH3 is 1. The highest BCUT2D eigenvalue weighted by molar-refractivity contribution is 6.04. The van der Waals surface area contributed by atoms with E-state index in [2.05, 4.69) is 10.3 Å². The zero-order chi connectivity index (χ0) is 19.0. The predicted molar refractivity (Wildman–Crippen MR) is 101 cm³/mol. The van der Waals surface area contributed by atoms with Crippen molar-refractivity contribution in [2.24, 2.45) is 5.92 Å². The normalized spacial score (nSPS) is 16.7. The molecule has 1 N–H and O–H groups in total. The minimum atomic E-state index is -0.420. The minimum absolute atomic E-state index is 0.0790. The van der Waals surface area contributed by atoms with Gasteiger partial charge in [-0.2, -0.15) is 0 Å². The number of anilines is 2. The van der Waals surface area contributed by atoms with Crippen LogP contribution in [0.4, 0.5) is 11.4 Å². The molecule has 1 fully saturated rings. The molecule has 0 spiro atoms. The van der Waals surface area contributed by atoms with Gasteiger partial charge >= 0.3 is 0 Å². The Morgan fingerprint density at radius 3 is 2.96 bits per heavy atom. The van der Waals surface area contributed by atoms with E-state index in [1.54, 1.807) is 43.2 Å². The standard InChI is InChI=1S/C20H19N3O4/c1-12-21-17-7-6-14(9-18(17)27-12)22-20(25)13-8-19(24)23(11-13)15-4-3-5-16(10-15)26-2/h3-7,9-10,13H,8,11H2,1-2H3,(H,22,25). The summed E-state index contributed by atoms with van der Waals surface area (Å²) in [5.74, 6) is 0.553. The van der Waals surface area contributed by atoms with Crippen molar-refractivity contribution in [2.45, 2.75) is 13.3 Å². The van der Waals surface area contributed by atoms with Crippen molar-refractivity contribution in [3.05, 3.63) is 48.4 Å². The molecule has 0 saturated carbocycles. The Hall–Kier alpha value is -3.35. The maximum atomic E-state index is 12.6. The van der Waals surface area contributed by atoms with Gasteiger partial charge in [0.05, 0.1) is 13.0 Å². The fourth-order valence-corrected chi connectivity index (χ4v) is 3.27. The second-order valence-electron chi connectivity index (χ2n) is 6.51. The summed E-state index contributed by atoms with van der Waals surface area (Å²) in [4.78, 5) is 30.9. The molecule has 0 radical (unpaired) electrons. The molecule has 7 heteroatoms. The first-order chi connectivity index (χ1) is 13.0. The van der Waals surface area contributed by atoms with Crippen molar-refractivity contribution in [2.75, 3.05) is 23.9 Å². The molecule has 1 aromatic heterocycles. The number of fused-ring (bicyclic) bond motifs is 1. The third kappa shape index (κ3) is 3.36. The number of ether oxygens (including phenoxy) is 1. The van der Waals surface area contributed by atoms with Gasteiger partial charge < -0.3 is 19.4 Å². The molecule has 2 aromatic carbocycles. The van der Waals surface area contributed by atoms with Gasteiger partial charge in [0.15, 0.2) is 11.5 Å². The number of benzene rings is 2. The van der Waals surface area contributed by atoms with Crippen LogP contribution in [0.2, 0.25) is 0 Å². The van der Waals surface area contributed by atoms with E-state index >= 15 is 0 Å². The first-order valence-electron chi connectivity index (χ1n) is 8.66. The molecule has 7 nitrogen and oxygen atoms in total. The molecular formula is C20H19N3O4. The van der Waals surface area contributed by atoms with Gasteiger partial charge in [-0.15, -0.1) is 0 Å². The maximum Gasteiger partial charge on any atom is 0.229 e. The van der Waals surface area contributed by atoms with Gasteiger partial charge in [0.2, 0.25) is 11.8 Å². The van der Waals surface area contributed by atoms with Crippen molar-refractivity contribution in [1.29, 1.82) is 0 Å².